The van der Waals surface area contributed by atoms with E-state index in [1.54, 1.807) is 11.3 Å². The summed E-state index contributed by atoms with van der Waals surface area (Å²) >= 11 is 1.59. The highest BCUT2D eigenvalue weighted by Gasteiger charge is 2.26. The van der Waals surface area contributed by atoms with Gasteiger partial charge in [0.15, 0.2) is 0 Å². The van der Waals surface area contributed by atoms with E-state index in [0.29, 0.717) is 25.2 Å². The Morgan fingerprint density at radius 3 is 2.61 bits per heavy atom. The molecule has 0 bridgehead atoms. The Labute approximate surface area is 140 Å². The average Bonchev–Trinajstić information content (AvgIpc) is 3.05. The van der Waals surface area contributed by atoms with Gasteiger partial charge < -0.3 is 15.0 Å². The molecule has 2 heterocycles. The van der Waals surface area contributed by atoms with Gasteiger partial charge in [0.05, 0.1) is 30.0 Å². The zero-order valence-corrected chi connectivity index (χ0v) is 14.2. The third-order valence-corrected chi connectivity index (χ3v) is 4.43. The van der Waals surface area contributed by atoms with Crippen LogP contribution in [0.2, 0.25) is 0 Å². The first kappa shape index (κ1) is 16.0. The summed E-state index contributed by atoms with van der Waals surface area (Å²) in [5.74, 6) is 0.0676. The Morgan fingerprint density at radius 2 is 2.00 bits per heavy atom. The van der Waals surface area contributed by atoms with Gasteiger partial charge in [-0.15, -0.1) is 11.3 Å². The van der Waals surface area contributed by atoms with Gasteiger partial charge in [0.2, 0.25) is 0 Å². The second-order valence-electron chi connectivity index (χ2n) is 5.88. The van der Waals surface area contributed by atoms with Gasteiger partial charge in [-0.25, -0.2) is 4.98 Å². The summed E-state index contributed by atoms with van der Waals surface area (Å²) in [5, 5.41) is 5.33. The summed E-state index contributed by atoms with van der Waals surface area (Å²) in [6.45, 7) is 5.98. The minimum Gasteiger partial charge on any atom is -0.379 e. The van der Waals surface area contributed by atoms with Crippen LogP contribution in [0.3, 0.4) is 0 Å². The first-order valence-corrected chi connectivity index (χ1v) is 8.72. The van der Waals surface area contributed by atoms with Gasteiger partial charge in [-0.05, 0) is 38.1 Å². The lowest BCUT2D eigenvalue weighted by molar-refractivity contribution is -0.0586. The lowest BCUT2D eigenvalue weighted by Crippen LogP contribution is -2.48. The third-order valence-electron chi connectivity index (χ3n) is 3.80. The molecule has 2 atom stereocenters. The van der Waals surface area contributed by atoms with Crippen LogP contribution < -0.4 is 5.32 Å². The van der Waals surface area contributed by atoms with E-state index in [-0.39, 0.29) is 18.1 Å². The quantitative estimate of drug-likeness (QED) is 0.936. The highest BCUT2D eigenvalue weighted by molar-refractivity contribution is 7.07. The van der Waals surface area contributed by atoms with Crippen molar-refractivity contribution in [3.63, 3.8) is 0 Å². The molecule has 1 aliphatic rings. The zero-order chi connectivity index (χ0) is 16.2. The fraction of sp³-hybridized carbons (Fsp3) is 0.412. The SMILES string of the molecule is C[C@@H]1CN(C(=O)c2ccc(NCc3cscn3)cc2)C[C@H](C)O1. The molecule has 0 radical (unpaired) electrons. The van der Waals surface area contributed by atoms with E-state index in [0.717, 1.165) is 11.4 Å². The number of thiazole rings is 1. The van der Waals surface area contributed by atoms with Crippen LogP contribution in [0.25, 0.3) is 0 Å². The molecule has 1 aromatic carbocycles. The van der Waals surface area contributed by atoms with Crippen molar-refractivity contribution in [1.29, 1.82) is 0 Å². The van der Waals surface area contributed by atoms with Crippen LogP contribution in [0.1, 0.15) is 29.9 Å². The van der Waals surface area contributed by atoms with Crippen molar-refractivity contribution in [2.75, 3.05) is 18.4 Å². The van der Waals surface area contributed by atoms with Gasteiger partial charge >= 0.3 is 0 Å². The van der Waals surface area contributed by atoms with Gasteiger partial charge in [0.1, 0.15) is 0 Å². The van der Waals surface area contributed by atoms with E-state index in [4.69, 9.17) is 4.74 Å². The van der Waals surface area contributed by atoms with Crippen LogP contribution in [-0.2, 0) is 11.3 Å². The standard InChI is InChI=1S/C17H21N3O2S/c1-12-8-20(9-13(2)22-12)17(21)14-3-5-15(6-4-14)18-7-16-10-23-11-19-16/h3-6,10-13,18H,7-9H2,1-2H3/t12-,13+. The van der Waals surface area contributed by atoms with Crippen molar-refractivity contribution in [3.05, 3.63) is 46.4 Å². The van der Waals surface area contributed by atoms with Crippen LogP contribution in [0.4, 0.5) is 5.69 Å². The minimum absolute atomic E-state index is 0.0676. The molecule has 5 nitrogen and oxygen atoms in total. The Hall–Kier alpha value is -1.92. The van der Waals surface area contributed by atoms with E-state index in [9.17, 15) is 4.79 Å². The molecular weight excluding hydrogens is 310 g/mol. The molecule has 2 aromatic rings. The Balaban J connectivity index is 1.61. The van der Waals surface area contributed by atoms with Crippen molar-refractivity contribution < 1.29 is 9.53 Å². The summed E-state index contributed by atoms with van der Waals surface area (Å²) in [5.41, 5.74) is 4.54. The summed E-state index contributed by atoms with van der Waals surface area (Å²) in [7, 11) is 0. The lowest BCUT2D eigenvalue weighted by Gasteiger charge is -2.35. The van der Waals surface area contributed by atoms with Crippen molar-refractivity contribution in [2.45, 2.75) is 32.6 Å². The van der Waals surface area contributed by atoms with E-state index >= 15 is 0 Å². The minimum atomic E-state index is 0.0676. The van der Waals surface area contributed by atoms with Gasteiger partial charge in [-0.1, -0.05) is 0 Å². The molecule has 1 saturated heterocycles. The summed E-state index contributed by atoms with van der Waals surface area (Å²) < 4.78 is 5.68. The number of hydrogen-bond acceptors (Lipinski definition) is 5. The number of ether oxygens (including phenoxy) is 1. The fourth-order valence-corrected chi connectivity index (χ4v) is 3.33. The van der Waals surface area contributed by atoms with Crippen LogP contribution in [-0.4, -0.2) is 41.1 Å². The highest BCUT2D eigenvalue weighted by Crippen LogP contribution is 2.17. The monoisotopic (exact) mass is 331 g/mol. The number of rotatable bonds is 4. The number of carbonyl (C=O) groups excluding carboxylic acids is 1. The topological polar surface area (TPSA) is 54.5 Å². The van der Waals surface area contributed by atoms with Crippen molar-refractivity contribution in [2.24, 2.45) is 0 Å². The summed E-state index contributed by atoms with van der Waals surface area (Å²) in [6, 6.07) is 7.62. The third kappa shape index (κ3) is 4.09. The number of hydrogen-bond donors (Lipinski definition) is 1. The number of benzene rings is 1. The maximum atomic E-state index is 12.6. The molecule has 0 aliphatic carbocycles. The molecule has 1 aromatic heterocycles. The van der Waals surface area contributed by atoms with E-state index < -0.39 is 0 Å². The average molecular weight is 331 g/mol. The number of anilines is 1. The predicted octanol–water partition coefficient (Wildman–Crippen LogP) is 3.00. The van der Waals surface area contributed by atoms with E-state index in [1.807, 2.05) is 53.9 Å². The number of aromatic nitrogens is 1. The molecule has 23 heavy (non-hydrogen) atoms. The predicted molar refractivity (Wildman–Crippen MR) is 91.8 cm³/mol. The van der Waals surface area contributed by atoms with Gasteiger partial charge in [-0.3, -0.25) is 4.79 Å². The normalized spacial score (nSPS) is 21.2. The molecule has 0 spiro atoms. The smallest absolute Gasteiger partial charge is 0.254 e. The largest absolute Gasteiger partial charge is 0.379 e. The molecule has 0 unspecified atom stereocenters. The second kappa shape index (κ2) is 7.10. The molecule has 1 aliphatic heterocycles. The maximum Gasteiger partial charge on any atom is 0.254 e. The van der Waals surface area contributed by atoms with Crippen LogP contribution >= 0.6 is 11.3 Å². The number of nitrogens with zero attached hydrogens (tertiary/aromatic N) is 2. The zero-order valence-electron chi connectivity index (χ0n) is 13.4. The molecule has 3 rings (SSSR count). The first-order chi connectivity index (χ1) is 11.1. The number of carbonyl (C=O) groups is 1. The van der Waals surface area contributed by atoms with Gasteiger partial charge in [0.25, 0.3) is 5.91 Å². The highest BCUT2D eigenvalue weighted by atomic mass is 32.1. The molecule has 1 amide bonds. The molecular formula is C17H21N3O2S. The van der Waals surface area contributed by atoms with E-state index in [1.165, 1.54) is 0 Å². The molecule has 0 saturated carbocycles. The van der Waals surface area contributed by atoms with Gasteiger partial charge in [-0.2, -0.15) is 0 Å². The summed E-state index contributed by atoms with van der Waals surface area (Å²) in [4.78, 5) is 18.7. The van der Waals surface area contributed by atoms with Gasteiger partial charge in [0, 0.05) is 29.7 Å². The lowest BCUT2D eigenvalue weighted by atomic mass is 10.1. The van der Waals surface area contributed by atoms with Crippen LogP contribution in [0.15, 0.2) is 35.2 Å². The van der Waals surface area contributed by atoms with E-state index in [2.05, 4.69) is 10.3 Å². The number of morpholine rings is 1. The summed E-state index contributed by atoms with van der Waals surface area (Å²) in [6.07, 6.45) is 0.170. The Morgan fingerprint density at radius 1 is 1.30 bits per heavy atom. The molecule has 6 heteroatoms. The fourth-order valence-electron chi connectivity index (χ4n) is 2.77. The first-order valence-electron chi connectivity index (χ1n) is 7.77. The molecule has 1 N–H and O–H groups in total. The Bertz CT molecular complexity index is 632. The van der Waals surface area contributed by atoms with Crippen LogP contribution in [0, 0.1) is 0 Å². The number of nitrogens with one attached hydrogen (secondary N) is 1. The molecule has 1 fully saturated rings. The maximum absolute atomic E-state index is 12.6. The second-order valence-corrected chi connectivity index (χ2v) is 6.60. The van der Waals surface area contributed by atoms with Crippen LogP contribution in [0.5, 0.6) is 0 Å². The molecule has 122 valence electrons. The Kier molecular flexibility index (Phi) is 4.93. The van der Waals surface area contributed by atoms with Crippen molar-refractivity contribution in [1.82, 2.24) is 9.88 Å². The van der Waals surface area contributed by atoms with Crippen molar-refractivity contribution >= 4 is 22.9 Å². The van der Waals surface area contributed by atoms with Crippen molar-refractivity contribution in [3.8, 4) is 0 Å². The number of amides is 1.